The first-order valence-corrected chi connectivity index (χ1v) is 9.58. The molecule has 31 heavy (non-hydrogen) atoms. The van der Waals surface area contributed by atoms with E-state index in [9.17, 15) is 4.79 Å². The minimum absolute atomic E-state index is 0.109. The van der Waals surface area contributed by atoms with Crippen molar-refractivity contribution in [3.05, 3.63) is 48.3 Å². The van der Waals surface area contributed by atoms with E-state index in [1.165, 1.54) is 0 Å². The Morgan fingerprint density at radius 2 is 2.13 bits per heavy atom. The lowest BCUT2D eigenvalue weighted by atomic mass is 10.1. The zero-order valence-corrected chi connectivity index (χ0v) is 17.7. The van der Waals surface area contributed by atoms with Crippen LogP contribution in [0, 0.1) is 0 Å². The van der Waals surface area contributed by atoms with Crippen LogP contribution in [0.25, 0.3) is 22.3 Å². The maximum Gasteiger partial charge on any atom is 0.221 e. The number of nitrogens with zero attached hydrogens (tertiary/aromatic N) is 6. The van der Waals surface area contributed by atoms with Gasteiger partial charge in [-0.2, -0.15) is 0 Å². The fraction of sp³-hybridized carbons (Fsp3) is 0.286. The first-order valence-electron chi connectivity index (χ1n) is 9.58. The number of nitrogens with two attached hydrogens (primary N) is 1. The predicted octanol–water partition coefficient (Wildman–Crippen LogP) is 1.70. The van der Waals surface area contributed by atoms with Crippen molar-refractivity contribution < 1.29 is 14.3 Å². The number of aromatic nitrogens is 5. The van der Waals surface area contributed by atoms with Gasteiger partial charge in [0.15, 0.2) is 0 Å². The zero-order valence-electron chi connectivity index (χ0n) is 17.7. The Labute approximate surface area is 180 Å². The normalized spacial score (nSPS) is 11.9. The van der Waals surface area contributed by atoms with Crippen LogP contribution in [0.15, 0.2) is 48.3 Å². The van der Waals surface area contributed by atoms with Gasteiger partial charge in [-0.15, -0.1) is 5.10 Å². The Balaban J connectivity index is 1.82. The SMILES string of the molecule is COCCN(C)/C=C\C=C(/C=O)Cn1cc(-c2nc(N)nc3c(OC)cccc23)nn1. The molecule has 0 amide bonds. The van der Waals surface area contributed by atoms with Crippen molar-refractivity contribution in [2.75, 3.05) is 40.2 Å². The molecule has 0 saturated carbocycles. The molecule has 10 nitrogen and oxygen atoms in total. The van der Waals surface area contributed by atoms with E-state index in [4.69, 9.17) is 15.2 Å². The molecular formula is C21H25N7O3. The number of benzene rings is 1. The molecule has 3 rings (SSSR count). The van der Waals surface area contributed by atoms with Gasteiger partial charge in [-0.05, 0) is 18.3 Å². The lowest BCUT2D eigenvalue weighted by Crippen LogP contribution is -2.16. The van der Waals surface area contributed by atoms with Crippen LogP contribution >= 0.6 is 0 Å². The molecule has 0 bridgehead atoms. The van der Waals surface area contributed by atoms with Gasteiger partial charge in [0.2, 0.25) is 5.95 Å². The molecule has 0 aliphatic carbocycles. The molecule has 0 radical (unpaired) electrons. The predicted molar refractivity (Wildman–Crippen MR) is 117 cm³/mol. The van der Waals surface area contributed by atoms with E-state index >= 15 is 0 Å². The van der Waals surface area contributed by atoms with Crippen LogP contribution in [0.1, 0.15) is 0 Å². The summed E-state index contributed by atoms with van der Waals surface area (Å²) in [4.78, 5) is 22.1. The van der Waals surface area contributed by atoms with Crippen molar-refractivity contribution in [2.45, 2.75) is 6.54 Å². The fourth-order valence-electron chi connectivity index (χ4n) is 2.93. The van der Waals surface area contributed by atoms with E-state index < -0.39 is 0 Å². The smallest absolute Gasteiger partial charge is 0.221 e. The zero-order chi connectivity index (χ0) is 22.2. The minimum atomic E-state index is 0.109. The summed E-state index contributed by atoms with van der Waals surface area (Å²) in [6.45, 7) is 1.65. The summed E-state index contributed by atoms with van der Waals surface area (Å²) in [5.74, 6) is 0.700. The monoisotopic (exact) mass is 423 g/mol. The number of carbonyl (C=O) groups is 1. The van der Waals surface area contributed by atoms with Crippen molar-refractivity contribution in [3.63, 3.8) is 0 Å². The van der Waals surface area contributed by atoms with Gasteiger partial charge in [0.05, 0.1) is 26.5 Å². The van der Waals surface area contributed by atoms with E-state index in [2.05, 4.69) is 20.3 Å². The van der Waals surface area contributed by atoms with Crippen molar-refractivity contribution in [1.29, 1.82) is 0 Å². The van der Waals surface area contributed by atoms with Gasteiger partial charge in [-0.1, -0.05) is 23.4 Å². The van der Waals surface area contributed by atoms with Gasteiger partial charge >= 0.3 is 0 Å². The number of para-hydroxylation sites is 1. The van der Waals surface area contributed by atoms with Crippen LogP contribution in [-0.2, 0) is 16.1 Å². The second kappa shape index (κ2) is 10.3. The molecule has 0 spiro atoms. The van der Waals surface area contributed by atoms with Crippen LogP contribution in [0.3, 0.4) is 0 Å². The molecule has 10 heteroatoms. The third-order valence-electron chi connectivity index (χ3n) is 4.50. The maximum atomic E-state index is 11.5. The number of aldehydes is 1. The van der Waals surface area contributed by atoms with Gasteiger partial charge in [0.1, 0.15) is 28.9 Å². The Morgan fingerprint density at radius 3 is 2.87 bits per heavy atom. The molecule has 3 aromatic rings. The summed E-state index contributed by atoms with van der Waals surface area (Å²) in [5, 5.41) is 9.08. The summed E-state index contributed by atoms with van der Waals surface area (Å²) in [6, 6.07) is 5.52. The number of allylic oxidation sites excluding steroid dienone is 3. The van der Waals surface area contributed by atoms with E-state index in [-0.39, 0.29) is 12.5 Å². The Hall–Kier alpha value is -3.79. The van der Waals surface area contributed by atoms with Gasteiger partial charge in [-0.25, -0.2) is 14.6 Å². The molecular weight excluding hydrogens is 398 g/mol. The average Bonchev–Trinajstić information content (AvgIpc) is 3.24. The standard InChI is InChI=1S/C21H25N7O3/c1-27(10-11-30-2)9-5-6-15(14-29)12-28-13-17(25-26-28)19-16-7-4-8-18(31-3)20(16)24-21(22)23-19/h4-9,13-14H,10-12H2,1-3H3,(H2,22,23,24)/b9-5-,15-6-. The fourth-order valence-corrected chi connectivity index (χ4v) is 2.93. The number of ether oxygens (including phenoxy) is 2. The molecule has 2 aromatic heterocycles. The number of hydrogen-bond donors (Lipinski definition) is 1. The largest absolute Gasteiger partial charge is 0.494 e. The lowest BCUT2D eigenvalue weighted by Gasteiger charge is -2.11. The van der Waals surface area contributed by atoms with E-state index in [1.807, 2.05) is 36.4 Å². The highest BCUT2D eigenvalue weighted by molar-refractivity contribution is 5.95. The summed E-state index contributed by atoms with van der Waals surface area (Å²) in [5.41, 5.74) is 8.10. The summed E-state index contributed by atoms with van der Waals surface area (Å²) < 4.78 is 12.0. The van der Waals surface area contributed by atoms with Crippen LogP contribution < -0.4 is 10.5 Å². The molecule has 0 aliphatic rings. The summed E-state index contributed by atoms with van der Waals surface area (Å²) >= 11 is 0. The molecule has 1 aromatic carbocycles. The summed E-state index contributed by atoms with van der Waals surface area (Å²) in [7, 11) is 5.16. The van der Waals surface area contributed by atoms with Gasteiger partial charge in [0.25, 0.3) is 0 Å². The molecule has 0 atom stereocenters. The molecule has 0 fully saturated rings. The second-order valence-corrected chi connectivity index (χ2v) is 6.76. The molecule has 162 valence electrons. The first-order chi connectivity index (χ1) is 15.0. The third-order valence-corrected chi connectivity index (χ3v) is 4.50. The van der Waals surface area contributed by atoms with Crippen LogP contribution in [0.2, 0.25) is 0 Å². The van der Waals surface area contributed by atoms with Gasteiger partial charge in [-0.3, -0.25) is 4.79 Å². The number of rotatable bonds is 10. The van der Waals surface area contributed by atoms with Crippen molar-refractivity contribution in [3.8, 4) is 17.1 Å². The molecule has 0 saturated heterocycles. The Morgan fingerprint density at radius 1 is 1.29 bits per heavy atom. The van der Waals surface area contributed by atoms with Crippen molar-refractivity contribution in [2.24, 2.45) is 0 Å². The number of fused-ring (bicyclic) bond motifs is 1. The topological polar surface area (TPSA) is 121 Å². The highest BCUT2D eigenvalue weighted by atomic mass is 16.5. The Kier molecular flexibility index (Phi) is 7.28. The van der Waals surface area contributed by atoms with Crippen LogP contribution in [-0.4, -0.2) is 70.6 Å². The average molecular weight is 423 g/mol. The van der Waals surface area contributed by atoms with E-state index in [0.29, 0.717) is 34.8 Å². The number of nitrogen functional groups attached to an aromatic ring is 1. The minimum Gasteiger partial charge on any atom is -0.494 e. The van der Waals surface area contributed by atoms with E-state index in [0.717, 1.165) is 18.2 Å². The Bertz CT molecular complexity index is 1110. The number of hydrogen-bond acceptors (Lipinski definition) is 9. The second-order valence-electron chi connectivity index (χ2n) is 6.76. The summed E-state index contributed by atoms with van der Waals surface area (Å²) in [6.07, 6.45) is 7.93. The highest BCUT2D eigenvalue weighted by Gasteiger charge is 2.15. The van der Waals surface area contributed by atoms with Gasteiger partial charge in [0, 0.05) is 31.7 Å². The third kappa shape index (κ3) is 5.43. The van der Waals surface area contributed by atoms with Crippen LogP contribution in [0.5, 0.6) is 5.75 Å². The molecule has 2 heterocycles. The molecule has 0 aliphatic heterocycles. The highest BCUT2D eigenvalue weighted by Crippen LogP contribution is 2.30. The van der Waals surface area contributed by atoms with Gasteiger partial charge < -0.3 is 20.1 Å². The van der Waals surface area contributed by atoms with Crippen molar-refractivity contribution in [1.82, 2.24) is 29.9 Å². The first kappa shape index (κ1) is 21.9. The number of methoxy groups -OCH3 is 2. The molecule has 2 N–H and O–H groups in total. The number of carbonyl (C=O) groups excluding carboxylic acids is 1. The number of anilines is 1. The molecule has 0 unspecified atom stereocenters. The maximum absolute atomic E-state index is 11.5. The quantitative estimate of drug-likeness (QED) is 0.295. The lowest BCUT2D eigenvalue weighted by molar-refractivity contribution is -0.105. The van der Waals surface area contributed by atoms with E-state index in [1.54, 1.807) is 37.2 Å². The van der Waals surface area contributed by atoms with Crippen molar-refractivity contribution >= 4 is 23.1 Å². The van der Waals surface area contributed by atoms with Crippen LogP contribution in [0.4, 0.5) is 5.95 Å². The number of likely N-dealkylation sites (N-methyl/N-ethyl adjacent to an activating group) is 1.